The minimum Gasteiger partial charge on any atom is -0.459 e. The Kier molecular flexibility index (Phi) is 5.11. The monoisotopic (exact) mass is 381 g/mol. The van der Waals surface area contributed by atoms with Gasteiger partial charge in [-0.15, -0.1) is 0 Å². The van der Waals surface area contributed by atoms with E-state index in [2.05, 4.69) is 4.98 Å². The van der Waals surface area contributed by atoms with E-state index in [1.807, 2.05) is 36.4 Å². The second-order valence-electron chi connectivity index (χ2n) is 6.28. The molecule has 1 aliphatic heterocycles. The van der Waals surface area contributed by atoms with Gasteiger partial charge in [-0.25, -0.2) is 4.98 Å². The number of hydrogen-bond donors (Lipinski definition) is 0. The number of carbonyl (C=O) groups is 2. The standard InChI is InChI=1S/C20H19N3O3S/c24-19(14-27-18-8-7-15-4-1-2-5-16(15)21-18)22-9-11-23(12-10-22)20(25)17-6-3-13-26-17/h1-8,13H,9-12,14H2. The van der Waals surface area contributed by atoms with Crippen molar-refractivity contribution in [2.24, 2.45) is 0 Å². The molecule has 0 saturated carbocycles. The Morgan fingerprint density at radius 1 is 0.963 bits per heavy atom. The lowest BCUT2D eigenvalue weighted by Crippen LogP contribution is -2.51. The highest BCUT2D eigenvalue weighted by Gasteiger charge is 2.26. The van der Waals surface area contributed by atoms with Gasteiger partial charge >= 0.3 is 0 Å². The van der Waals surface area contributed by atoms with Crippen LogP contribution >= 0.6 is 11.8 Å². The molecule has 0 radical (unpaired) electrons. The molecule has 2 aromatic heterocycles. The number of para-hydroxylation sites is 1. The summed E-state index contributed by atoms with van der Waals surface area (Å²) in [6.45, 7) is 2.11. The van der Waals surface area contributed by atoms with Gasteiger partial charge in [0.15, 0.2) is 5.76 Å². The highest BCUT2D eigenvalue weighted by Crippen LogP contribution is 2.20. The second kappa shape index (κ2) is 7.84. The summed E-state index contributed by atoms with van der Waals surface area (Å²) >= 11 is 1.44. The Morgan fingerprint density at radius 2 is 1.74 bits per heavy atom. The van der Waals surface area contributed by atoms with Crippen molar-refractivity contribution in [3.8, 4) is 0 Å². The summed E-state index contributed by atoms with van der Waals surface area (Å²) in [7, 11) is 0. The van der Waals surface area contributed by atoms with Gasteiger partial charge in [-0.1, -0.05) is 36.0 Å². The molecule has 138 valence electrons. The molecule has 2 amide bonds. The van der Waals surface area contributed by atoms with Crippen molar-refractivity contribution in [2.45, 2.75) is 5.03 Å². The molecule has 1 aliphatic rings. The van der Waals surface area contributed by atoms with E-state index in [0.29, 0.717) is 37.7 Å². The van der Waals surface area contributed by atoms with Crippen molar-refractivity contribution in [1.82, 2.24) is 14.8 Å². The third kappa shape index (κ3) is 3.98. The normalized spacial score (nSPS) is 14.5. The number of fused-ring (bicyclic) bond motifs is 1. The molecule has 1 saturated heterocycles. The molecule has 6 nitrogen and oxygen atoms in total. The zero-order chi connectivity index (χ0) is 18.6. The van der Waals surface area contributed by atoms with E-state index >= 15 is 0 Å². The predicted octanol–water partition coefficient (Wildman–Crippen LogP) is 2.90. The second-order valence-corrected chi connectivity index (χ2v) is 7.28. The predicted molar refractivity (Wildman–Crippen MR) is 104 cm³/mol. The van der Waals surface area contributed by atoms with Crippen LogP contribution in [0.15, 0.2) is 64.2 Å². The molecular formula is C20H19N3O3S. The fourth-order valence-electron chi connectivity index (χ4n) is 3.07. The number of hydrogen-bond acceptors (Lipinski definition) is 5. The van der Waals surface area contributed by atoms with E-state index in [1.54, 1.807) is 21.9 Å². The number of rotatable bonds is 4. The van der Waals surface area contributed by atoms with Gasteiger partial charge in [-0.2, -0.15) is 0 Å². The molecule has 0 atom stereocenters. The lowest BCUT2D eigenvalue weighted by atomic mass is 10.2. The first-order valence-electron chi connectivity index (χ1n) is 8.80. The smallest absolute Gasteiger partial charge is 0.289 e. The average molecular weight is 381 g/mol. The van der Waals surface area contributed by atoms with Crippen LogP contribution in [0.3, 0.4) is 0 Å². The maximum atomic E-state index is 12.5. The Morgan fingerprint density at radius 3 is 2.52 bits per heavy atom. The first kappa shape index (κ1) is 17.6. The lowest BCUT2D eigenvalue weighted by Gasteiger charge is -2.34. The van der Waals surface area contributed by atoms with E-state index < -0.39 is 0 Å². The summed E-state index contributed by atoms with van der Waals surface area (Å²) < 4.78 is 5.16. The quantitative estimate of drug-likeness (QED) is 0.650. The Hall–Kier alpha value is -2.80. The number of aromatic nitrogens is 1. The van der Waals surface area contributed by atoms with Crippen molar-refractivity contribution >= 4 is 34.5 Å². The number of piperazine rings is 1. The van der Waals surface area contributed by atoms with Gasteiger partial charge in [0, 0.05) is 31.6 Å². The van der Waals surface area contributed by atoms with Gasteiger partial charge in [-0.3, -0.25) is 9.59 Å². The minimum absolute atomic E-state index is 0.0695. The summed E-state index contributed by atoms with van der Waals surface area (Å²) in [6.07, 6.45) is 1.49. The number of thioether (sulfide) groups is 1. The SMILES string of the molecule is O=C(CSc1ccc2ccccc2n1)N1CCN(C(=O)c2ccco2)CC1. The van der Waals surface area contributed by atoms with E-state index in [1.165, 1.54) is 18.0 Å². The maximum Gasteiger partial charge on any atom is 0.289 e. The van der Waals surface area contributed by atoms with Crippen LogP contribution in [0.5, 0.6) is 0 Å². The fraction of sp³-hybridized carbons (Fsp3) is 0.250. The summed E-state index contributed by atoms with van der Waals surface area (Å²) in [5.74, 6) is 0.631. The number of nitrogens with zero attached hydrogens (tertiary/aromatic N) is 3. The van der Waals surface area contributed by atoms with Crippen LogP contribution < -0.4 is 0 Å². The average Bonchev–Trinajstić information content (AvgIpc) is 3.26. The van der Waals surface area contributed by atoms with Crippen LogP contribution in [0.2, 0.25) is 0 Å². The van der Waals surface area contributed by atoms with Crippen LogP contribution in [-0.2, 0) is 4.79 Å². The Bertz CT molecular complexity index is 950. The third-order valence-corrected chi connectivity index (χ3v) is 5.48. The summed E-state index contributed by atoms with van der Waals surface area (Å²) in [5, 5.41) is 1.93. The number of carbonyl (C=O) groups excluding carboxylic acids is 2. The molecule has 27 heavy (non-hydrogen) atoms. The van der Waals surface area contributed by atoms with Crippen molar-refractivity contribution in [1.29, 1.82) is 0 Å². The van der Waals surface area contributed by atoms with Crippen LogP contribution in [-0.4, -0.2) is 58.5 Å². The van der Waals surface area contributed by atoms with Gasteiger partial charge in [0.05, 0.1) is 22.6 Å². The Labute approximate surface area is 161 Å². The van der Waals surface area contributed by atoms with Crippen molar-refractivity contribution in [3.05, 3.63) is 60.6 Å². The van der Waals surface area contributed by atoms with Crippen molar-refractivity contribution in [2.75, 3.05) is 31.9 Å². The Balaban J connectivity index is 1.29. The topological polar surface area (TPSA) is 66.7 Å². The van der Waals surface area contributed by atoms with Crippen LogP contribution in [0, 0.1) is 0 Å². The molecule has 4 rings (SSSR count). The van der Waals surface area contributed by atoms with E-state index in [0.717, 1.165) is 15.9 Å². The van der Waals surface area contributed by atoms with Crippen molar-refractivity contribution < 1.29 is 14.0 Å². The highest BCUT2D eigenvalue weighted by molar-refractivity contribution is 7.99. The van der Waals surface area contributed by atoms with Crippen LogP contribution in [0.4, 0.5) is 0 Å². The van der Waals surface area contributed by atoms with E-state index in [4.69, 9.17) is 4.42 Å². The highest BCUT2D eigenvalue weighted by atomic mass is 32.2. The number of pyridine rings is 1. The largest absolute Gasteiger partial charge is 0.459 e. The number of benzene rings is 1. The first-order chi connectivity index (χ1) is 13.2. The minimum atomic E-state index is -0.123. The zero-order valence-electron chi connectivity index (χ0n) is 14.7. The van der Waals surface area contributed by atoms with Gasteiger partial charge in [0.25, 0.3) is 5.91 Å². The van der Waals surface area contributed by atoms with Gasteiger partial charge < -0.3 is 14.2 Å². The molecule has 0 aliphatic carbocycles. The molecule has 3 aromatic rings. The number of furan rings is 1. The van der Waals surface area contributed by atoms with E-state index in [9.17, 15) is 9.59 Å². The molecule has 1 aromatic carbocycles. The summed E-state index contributed by atoms with van der Waals surface area (Å²) in [4.78, 5) is 32.9. The summed E-state index contributed by atoms with van der Waals surface area (Å²) in [5.41, 5.74) is 0.931. The first-order valence-corrected chi connectivity index (χ1v) is 9.78. The third-order valence-electron chi connectivity index (χ3n) is 4.57. The molecule has 0 spiro atoms. The molecule has 0 bridgehead atoms. The molecule has 0 N–H and O–H groups in total. The molecular weight excluding hydrogens is 362 g/mol. The number of amides is 2. The maximum absolute atomic E-state index is 12.5. The summed E-state index contributed by atoms with van der Waals surface area (Å²) in [6, 6.07) is 15.3. The molecule has 1 fully saturated rings. The van der Waals surface area contributed by atoms with Crippen LogP contribution in [0.25, 0.3) is 10.9 Å². The zero-order valence-corrected chi connectivity index (χ0v) is 15.5. The van der Waals surface area contributed by atoms with Gasteiger partial charge in [0.1, 0.15) is 0 Å². The van der Waals surface area contributed by atoms with Crippen LogP contribution in [0.1, 0.15) is 10.6 Å². The van der Waals surface area contributed by atoms with E-state index in [-0.39, 0.29) is 11.8 Å². The fourth-order valence-corrected chi connectivity index (χ4v) is 3.85. The molecule has 7 heteroatoms. The van der Waals surface area contributed by atoms with Gasteiger partial charge in [-0.05, 0) is 24.3 Å². The van der Waals surface area contributed by atoms with Crippen molar-refractivity contribution in [3.63, 3.8) is 0 Å². The molecule has 3 heterocycles. The molecule has 0 unspecified atom stereocenters. The van der Waals surface area contributed by atoms with Gasteiger partial charge in [0.2, 0.25) is 5.91 Å². The lowest BCUT2D eigenvalue weighted by molar-refractivity contribution is -0.129.